The quantitative estimate of drug-likeness (QED) is 0.923. The van der Waals surface area contributed by atoms with Crippen molar-refractivity contribution >= 4 is 17.5 Å². The Morgan fingerprint density at radius 1 is 1.58 bits per heavy atom. The number of β-amino-alcohol motifs (C(OH)–C–C–N with tert-alkyl or cyclic N) is 1. The molecular weight excluding hydrogens is 266 g/mol. The molecule has 1 aromatic carbocycles. The number of benzene rings is 1. The molecule has 0 spiro atoms. The molecule has 104 valence electrons. The van der Waals surface area contributed by atoms with E-state index in [1.54, 1.807) is 30.0 Å². The van der Waals surface area contributed by atoms with Crippen LogP contribution in [0.5, 0.6) is 5.75 Å². The summed E-state index contributed by atoms with van der Waals surface area (Å²) in [5.41, 5.74) is 0.125. The molecule has 1 saturated heterocycles. The Hall–Kier alpha value is -1.26. The van der Waals surface area contributed by atoms with E-state index in [9.17, 15) is 9.90 Å². The third-order valence-electron chi connectivity index (χ3n) is 3.29. The molecule has 0 bridgehead atoms. The van der Waals surface area contributed by atoms with Crippen molar-refractivity contribution in [1.82, 2.24) is 4.90 Å². The van der Waals surface area contributed by atoms with Gasteiger partial charge in [0.1, 0.15) is 5.75 Å². The highest BCUT2D eigenvalue weighted by Crippen LogP contribution is 2.23. The minimum atomic E-state index is -0.772. The Morgan fingerprint density at radius 2 is 2.32 bits per heavy atom. The van der Waals surface area contributed by atoms with Crippen LogP contribution in [0.25, 0.3) is 0 Å². The van der Waals surface area contributed by atoms with Crippen molar-refractivity contribution < 1.29 is 14.6 Å². The number of hydrogen-bond acceptors (Lipinski definition) is 3. The summed E-state index contributed by atoms with van der Waals surface area (Å²) in [7, 11) is 0. The third-order valence-corrected chi connectivity index (χ3v) is 3.53. The standard InChI is InChI=1S/C14H18ClNO3/c1-10-7-11(15)3-4-12(10)19-8-13(17)16-6-5-14(2,18)9-16/h3-4,7,18H,5-6,8-9H2,1-2H3. The second kappa shape index (κ2) is 5.39. The van der Waals surface area contributed by atoms with Crippen molar-refractivity contribution in [1.29, 1.82) is 0 Å². The van der Waals surface area contributed by atoms with Gasteiger partial charge in [0.2, 0.25) is 0 Å². The average molecular weight is 284 g/mol. The van der Waals surface area contributed by atoms with E-state index in [4.69, 9.17) is 16.3 Å². The number of ether oxygens (including phenoxy) is 1. The Balaban J connectivity index is 1.90. The number of aliphatic hydroxyl groups is 1. The Kier molecular flexibility index (Phi) is 4.02. The zero-order valence-corrected chi connectivity index (χ0v) is 11.9. The minimum Gasteiger partial charge on any atom is -0.483 e. The van der Waals surface area contributed by atoms with Crippen LogP contribution in [0.15, 0.2) is 18.2 Å². The molecule has 19 heavy (non-hydrogen) atoms. The van der Waals surface area contributed by atoms with Crippen molar-refractivity contribution in [2.24, 2.45) is 0 Å². The summed E-state index contributed by atoms with van der Waals surface area (Å²) < 4.78 is 5.50. The predicted molar refractivity (Wildman–Crippen MR) is 73.5 cm³/mol. The van der Waals surface area contributed by atoms with Gasteiger partial charge in [0, 0.05) is 18.1 Å². The lowest BCUT2D eigenvalue weighted by Crippen LogP contribution is -2.36. The highest BCUT2D eigenvalue weighted by Gasteiger charge is 2.33. The molecule has 1 aliphatic rings. The van der Waals surface area contributed by atoms with E-state index in [2.05, 4.69) is 0 Å². The molecule has 0 radical (unpaired) electrons. The summed E-state index contributed by atoms with van der Waals surface area (Å²) >= 11 is 5.86. The summed E-state index contributed by atoms with van der Waals surface area (Å²) in [4.78, 5) is 13.6. The summed E-state index contributed by atoms with van der Waals surface area (Å²) in [6.07, 6.45) is 0.610. The second-order valence-electron chi connectivity index (χ2n) is 5.26. The van der Waals surface area contributed by atoms with E-state index in [0.717, 1.165) is 5.56 Å². The molecule has 2 rings (SSSR count). The fourth-order valence-electron chi connectivity index (χ4n) is 2.16. The van der Waals surface area contributed by atoms with E-state index in [-0.39, 0.29) is 12.5 Å². The van der Waals surface area contributed by atoms with E-state index >= 15 is 0 Å². The van der Waals surface area contributed by atoms with Crippen LogP contribution in [0, 0.1) is 6.92 Å². The van der Waals surface area contributed by atoms with Crippen LogP contribution in [-0.2, 0) is 4.79 Å². The first-order valence-corrected chi connectivity index (χ1v) is 6.64. The van der Waals surface area contributed by atoms with Crippen LogP contribution in [0.1, 0.15) is 18.9 Å². The number of rotatable bonds is 3. The Morgan fingerprint density at radius 3 is 2.89 bits per heavy atom. The van der Waals surface area contributed by atoms with Crippen LogP contribution in [0.4, 0.5) is 0 Å². The van der Waals surface area contributed by atoms with Gasteiger partial charge >= 0.3 is 0 Å². The van der Waals surface area contributed by atoms with Crippen molar-refractivity contribution in [3.05, 3.63) is 28.8 Å². The van der Waals surface area contributed by atoms with Gasteiger partial charge in [-0.1, -0.05) is 11.6 Å². The maximum Gasteiger partial charge on any atom is 0.260 e. The first-order chi connectivity index (χ1) is 8.87. The molecule has 4 nitrogen and oxygen atoms in total. The van der Waals surface area contributed by atoms with Crippen LogP contribution < -0.4 is 4.74 Å². The number of amides is 1. The lowest BCUT2D eigenvalue weighted by Gasteiger charge is -2.19. The number of hydrogen-bond donors (Lipinski definition) is 1. The van der Waals surface area contributed by atoms with Gasteiger partial charge in [0.05, 0.1) is 5.60 Å². The molecule has 5 heteroatoms. The van der Waals surface area contributed by atoms with Gasteiger partial charge in [-0.2, -0.15) is 0 Å². The third kappa shape index (κ3) is 3.61. The van der Waals surface area contributed by atoms with Crippen LogP contribution in [0.2, 0.25) is 5.02 Å². The molecule has 1 aliphatic heterocycles. The second-order valence-corrected chi connectivity index (χ2v) is 5.70. The topological polar surface area (TPSA) is 49.8 Å². The molecule has 1 heterocycles. The van der Waals surface area contributed by atoms with Gasteiger partial charge < -0.3 is 14.7 Å². The zero-order chi connectivity index (χ0) is 14.0. The maximum atomic E-state index is 11.9. The summed E-state index contributed by atoms with van der Waals surface area (Å²) in [6.45, 7) is 4.55. The number of carbonyl (C=O) groups excluding carboxylic acids is 1. The fourth-order valence-corrected chi connectivity index (χ4v) is 2.39. The molecular formula is C14H18ClNO3. The number of carbonyl (C=O) groups is 1. The maximum absolute atomic E-state index is 11.9. The summed E-state index contributed by atoms with van der Waals surface area (Å²) in [5.74, 6) is 0.552. The first-order valence-electron chi connectivity index (χ1n) is 6.26. The SMILES string of the molecule is Cc1cc(Cl)ccc1OCC(=O)N1CCC(C)(O)C1. The summed E-state index contributed by atoms with van der Waals surface area (Å²) in [5, 5.41) is 10.5. The van der Waals surface area contributed by atoms with E-state index in [1.807, 2.05) is 6.92 Å². The van der Waals surface area contributed by atoms with E-state index in [0.29, 0.717) is 30.3 Å². The van der Waals surface area contributed by atoms with E-state index < -0.39 is 5.60 Å². The number of halogens is 1. The lowest BCUT2D eigenvalue weighted by molar-refractivity contribution is -0.133. The predicted octanol–water partition coefficient (Wildman–Crippen LogP) is 2.01. The largest absolute Gasteiger partial charge is 0.483 e. The number of nitrogens with zero attached hydrogens (tertiary/aromatic N) is 1. The van der Waals surface area contributed by atoms with Crippen LogP contribution in [0.3, 0.4) is 0 Å². The Labute approximate surface area is 117 Å². The molecule has 1 atom stereocenters. The molecule has 1 amide bonds. The van der Waals surface area contributed by atoms with Crippen molar-refractivity contribution in [2.75, 3.05) is 19.7 Å². The van der Waals surface area contributed by atoms with Gasteiger partial charge in [-0.3, -0.25) is 4.79 Å². The smallest absolute Gasteiger partial charge is 0.260 e. The highest BCUT2D eigenvalue weighted by molar-refractivity contribution is 6.30. The van der Waals surface area contributed by atoms with Crippen molar-refractivity contribution in [2.45, 2.75) is 25.9 Å². The monoisotopic (exact) mass is 283 g/mol. The van der Waals surface area contributed by atoms with E-state index in [1.165, 1.54) is 0 Å². The molecule has 0 aromatic heterocycles. The first kappa shape index (κ1) is 14.2. The Bertz CT molecular complexity index is 488. The molecule has 1 unspecified atom stereocenters. The number of aryl methyl sites for hydroxylation is 1. The normalized spacial score (nSPS) is 22.6. The van der Waals surface area contributed by atoms with Crippen molar-refractivity contribution in [3.8, 4) is 5.75 Å². The molecule has 1 fully saturated rings. The van der Waals surface area contributed by atoms with Gasteiger partial charge in [-0.25, -0.2) is 0 Å². The lowest BCUT2D eigenvalue weighted by atomic mass is 10.1. The average Bonchev–Trinajstić information content (AvgIpc) is 2.68. The van der Waals surface area contributed by atoms with Gasteiger partial charge in [0.15, 0.2) is 6.61 Å². The highest BCUT2D eigenvalue weighted by atomic mass is 35.5. The number of likely N-dealkylation sites (tertiary alicyclic amines) is 1. The van der Waals surface area contributed by atoms with Crippen molar-refractivity contribution in [3.63, 3.8) is 0 Å². The van der Waals surface area contributed by atoms with Crippen LogP contribution >= 0.6 is 11.6 Å². The molecule has 1 N–H and O–H groups in total. The molecule has 0 saturated carbocycles. The van der Waals surface area contributed by atoms with Crippen LogP contribution in [-0.4, -0.2) is 41.2 Å². The fraction of sp³-hybridized carbons (Fsp3) is 0.500. The van der Waals surface area contributed by atoms with Gasteiger partial charge in [0.25, 0.3) is 5.91 Å². The molecule has 1 aromatic rings. The minimum absolute atomic E-state index is 0.0153. The molecule has 0 aliphatic carbocycles. The van der Waals surface area contributed by atoms with Gasteiger partial charge in [-0.15, -0.1) is 0 Å². The summed E-state index contributed by atoms with van der Waals surface area (Å²) in [6, 6.07) is 5.28. The van der Waals surface area contributed by atoms with Gasteiger partial charge in [-0.05, 0) is 44.0 Å². The zero-order valence-electron chi connectivity index (χ0n) is 11.1.